The van der Waals surface area contributed by atoms with Crippen molar-refractivity contribution in [3.8, 4) is 67.5 Å². The normalized spacial score (nSPS) is 21.5. The number of phenolic OH excluding ortho intramolecular Hbond substituents is 1. The Kier molecular flexibility index (Phi) is 5.41. The van der Waals surface area contributed by atoms with Crippen LogP contribution in [0.15, 0.2) is 140 Å². The van der Waals surface area contributed by atoms with Crippen LogP contribution in [0.1, 0.15) is 174 Å². The van der Waals surface area contributed by atoms with Gasteiger partial charge in [0.05, 0.1) is 33.5 Å². The van der Waals surface area contributed by atoms with Crippen LogP contribution in [0.2, 0.25) is 0 Å². The van der Waals surface area contributed by atoms with E-state index in [2.05, 4.69) is 4.98 Å². The van der Waals surface area contributed by atoms with Gasteiger partial charge in [0.25, 0.3) is 0 Å². The summed E-state index contributed by atoms with van der Waals surface area (Å²) in [5.74, 6) is -2.02. The minimum atomic E-state index is -4.25. The zero-order valence-electron chi connectivity index (χ0n) is 68.3. The number of benzene rings is 6. The lowest BCUT2D eigenvalue weighted by atomic mass is 9.78. The van der Waals surface area contributed by atoms with Crippen LogP contribution in [0.4, 0.5) is 0 Å². The fourth-order valence-corrected chi connectivity index (χ4v) is 7.96. The summed E-state index contributed by atoms with van der Waals surface area (Å²) in [6.45, 7) is -25.8. The molecule has 0 atom stereocenters. The minimum Gasteiger partial charge on any atom is -0.507 e. The van der Waals surface area contributed by atoms with Gasteiger partial charge in [0.15, 0.2) is 0 Å². The molecule has 0 fully saturated rings. The highest BCUT2D eigenvalue weighted by Gasteiger charge is 2.31. The molecule has 0 saturated heterocycles. The summed E-state index contributed by atoms with van der Waals surface area (Å²) in [5.41, 5.74) is -15.8. The Hall–Kier alpha value is -6.26. The number of para-hydroxylation sites is 1. The smallest absolute Gasteiger partial charge is 0.149 e. The minimum absolute atomic E-state index is 0.0111. The largest absolute Gasteiger partial charge is 0.507 e. The third-order valence-electron chi connectivity index (χ3n) is 11.5. The summed E-state index contributed by atoms with van der Waals surface area (Å²) in [7, 11) is 0. The second kappa shape index (κ2) is 16.6. The van der Waals surface area contributed by atoms with Crippen LogP contribution in [0.3, 0.4) is 0 Å². The van der Waals surface area contributed by atoms with Gasteiger partial charge in [-0.15, -0.1) is 0 Å². The third-order valence-corrected chi connectivity index (χ3v) is 11.5. The van der Waals surface area contributed by atoms with Crippen LogP contribution in [0, 0.1) is 0 Å². The lowest BCUT2D eigenvalue weighted by Crippen LogP contribution is -2.18. The number of pyridine rings is 1. The van der Waals surface area contributed by atoms with Crippen molar-refractivity contribution in [2.45, 2.75) is 130 Å². The highest BCUT2D eigenvalue weighted by atomic mass is 16.3. The van der Waals surface area contributed by atoms with E-state index < -0.39 is 152 Å². The van der Waals surface area contributed by atoms with Crippen molar-refractivity contribution in [1.29, 1.82) is 0 Å². The maximum atomic E-state index is 13.1. The quantitative estimate of drug-likeness (QED) is 0.181. The molecule has 0 spiro atoms. The van der Waals surface area contributed by atoms with E-state index in [4.69, 9.17) is 44.7 Å². The molecule has 0 unspecified atom stereocenters. The van der Waals surface area contributed by atoms with Gasteiger partial charge in [0.1, 0.15) is 11.6 Å². The highest BCUT2D eigenvalue weighted by molar-refractivity contribution is 5.97. The summed E-state index contributed by atoms with van der Waals surface area (Å²) >= 11 is 0. The fourth-order valence-electron chi connectivity index (χ4n) is 7.96. The first-order valence-electron chi connectivity index (χ1n) is 36.6. The molecule has 4 heteroatoms. The third kappa shape index (κ3) is 9.12. The van der Waals surface area contributed by atoms with Gasteiger partial charge < -0.3 is 5.11 Å². The molecule has 0 bridgehead atoms. The van der Waals surface area contributed by atoms with E-state index >= 15 is 0 Å². The standard InChI is InChI=1S/C62H69N3O/c1-58(2,3)45-27-24-40(25-28-45)42-30-31-63-52(36-42)44-32-43(33-46(34-44)59(4,5)6)48-22-19-23-54-55(48)64-57(49-37-47(60(7,8)9)38-51(56(49)66)62(13,14)15)65(54)53-29-26-41(35-50(53)61(10,11)12)39-20-17-16-18-21-39/h16-38,66H,1-15H3/i1D3,2D3,3D3,7D3,8D3,9D3,13D3,14D3,15D3,24D,25D,27D,28D. The summed E-state index contributed by atoms with van der Waals surface area (Å²) in [5, 5.41) is 13.1. The lowest BCUT2D eigenvalue weighted by molar-refractivity contribution is 0.446. The van der Waals surface area contributed by atoms with Crippen LogP contribution in [0.5, 0.6) is 5.75 Å². The molecule has 2 heterocycles. The van der Waals surface area contributed by atoms with Crippen LogP contribution in [0.25, 0.3) is 72.7 Å². The molecule has 8 aromatic rings. The van der Waals surface area contributed by atoms with Crippen LogP contribution < -0.4 is 0 Å². The highest BCUT2D eigenvalue weighted by Crippen LogP contribution is 2.46. The van der Waals surface area contributed by atoms with Gasteiger partial charge in [-0.3, -0.25) is 9.55 Å². The Morgan fingerprint density at radius 3 is 1.80 bits per heavy atom. The second-order valence-corrected chi connectivity index (χ2v) is 18.7. The van der Waals surface area contributed by atoms with E-state index in [1.807, 2.05) is 77.9 Å². The van der Waals surface area contributed by atoms with E-state index in [1.54, 1.807) is 48.5 Å². The van der Waals surface area contributed by atoms with Gasteiger partial charge >= 0.3 is 0 Å². The molecule has 0 aliphatic carbocycles. The van der Waals surface area contributed by atoms with Gasteiger partial charge in [0, 0.05) is 59.9 Å². The summed E-state index contributed by atoms with van der Waals surface area (Å²) in [6, 6.07) is 23.3. The first-order chi connectivity index (χ1) is 43.7. The first-order valence-corrected chi connectivity index (χ1v) is 21.1. The van der Waals surface area contributed by atoms with Gasteiger partial charge in [-0.25, -0.2) is 4.98 Å². The molecule has 8 rings (SSSR count). The zero-order chi connectivity index (χ0) is 73.7. The number of aromatic hydroxyl groups is 1. The number of phenols is 1. The number of hydrogen-bond donors (Lipinski definition) is 1. The number of nitrogens with zero attached hydrogens (tertiary/aromatic N) is 3. The summed E-state index contributed by atoms with van der Waals surface area (Å²) in [4.78, 5) is 9.75. The second-order valence-electron chi connectivity index (χ2n) is 18.7. The van der Waals surface area contributed by atoms with Crippen molar-refractivity contribution in [3.63, 3.8) is 0 Å². The van der Waals surface area contributed by atoms with E-state index in [1.165, 1.54) is 22.9 Å². The summed E-state index contributed by atoms with van der Waals surface area (Å²) < 4.78 is 271. The van der Waals surface area contributed by atoms with Crippen molar-refractivity contribution >= 4 is 11.0 Å². The SMILES string of the molecule is [2H]c1c([2H])c(C(C([2H])([2H])[2H])(C([2H])([2H])[2H])C([2H])([2H])[2H])c([2H])c([2H])c1-c1ccnc(-c2cc(-c3cccc4c3nc(-c3cc(C(C([2H])([2H])[2H])(C([2H])([2H])[2H])C([2H])([2H])[2H])cc(C(C([2H])([2H])[2H])(C([2H])([2H])[2H])C([2H])([2H])[2H])c3O)n4-c3ccc(-c4ccccc4)cc3C(C)(C)C)cc(C(C)(C)C)c2)c1. The van der Waals surface area contributed by atoms with Crippen molar-refractivity contribution in [2.24, 2.45) is 0 Å². The summed E-state index contributed by atoms with van der Waals surface area (Å²) in [6.07, 6.45) is 1.25. The Morgan fingerprint density at radius 1 is 0.485 bits per heavy atom. The van der Waals surface area contributed by atoms with Crippen LogP contribution in [-0.2, 0) is 27.1 Å². The molecule has 338 valence electrons. The maximum Gasteiger partial charge on any atom is 0.149 e. The first kappa shape index (κ1) is 21.6. The molecule has 4 nitrogen and oxygen atoms in total. The van der Waals surface area contributed by atoms with E-state index in [-0.39, 0.29) is 39.6 Å². The van der Waals surface area contributed by atoms with Crippen molar-refractivity contribution in [1.82, 2.24) is 14.5 Å². The van der Waals surface area contributed by atoms with Crippen molar-refractivity contribution < 1.29 is 47.6 Å². The average Bonchev–Trinajstić information content (AvgIpc) is 1.56. The Morgan fingerprint density at radius 2 is 1.14 bits per heavy atom. The fraction of sp³-hybridized carbons (Fsp3) is 0.323. The average molecular weight is 903 g/mol. The van der Waals surface area contributed by atoms with Gasteiger partial charge in [-0.2, -0.15) is 0 Å². The number of rotatable bonds is 6. The molecular weight excluding hydrogens is 803 g/mol. The molecule has 1 N–H and O–H groups in total. The Labute approximate surface area is 438 Å². The molecule has 2 aromatic heterocycles. The monoisotopic (exact) mass is 903 g/mol. The molecule has 0 saturated carbocycles. The predicted octanol–water partition coefficient (Wildman–Crippen LogP) is 16.9. The molecule has 0 radical (unpaired) electrons. The van der Waals surface area contributed by atoms with Crippen molar-refractivity contribution in [3.05, 3.63) is 167 Å². The maximum absolute atomic E-state index is 13.1. The van der Waals surface area contributed by atoms with E-state index in [0.717, 1.165) is 5.56 Å². The van der Waals surface area contributed by atoms with Gasteiger partial charge in [0.2, 0.25) is 0 Å². The van der Waals surface area contributed by atoms with E-state index in [9.17, 15) is 7.85 Å². The topological polar surface area (TPSA) is 50.9 Å². The Bertz CT molecular complexity index is 4210. The van der Waals surface area contributed by atoms with Crippen LogP contribution in [-0.4, -0.2) is 19.6 Å². The number of aromatic nitrogens is 3. The number of fused-ring (bicyclic) bond motifs is 1. The molecule has 0 aliphatic rings. The zero-order valence-corrected chi connectivity index (χ0v) is 37.3. The lowest BCUT2D eigenvalue weighted by Gasteiger charge is -2.28. The molecule has 66 heavy (non-hydrogen) atoms. The molecule has 6 aromatic carbocycles. The Balaban J connectivity index is 1.56. The van der Waals surface area contributed by atoms with Gasteiger partial charge in [-0.1, -0.05) is 188 Å². The number of hydrogen-bond acceptors (Lipinski definition) is 3. The van der Waals surface area contributed by atoms with Crippen LogP contribution >= 0.6 is 0 Å². The molecule has 0 amide bonds. The predicted molar refractivity (Wildman–Crippen MR) is 281 cm³/mol. The van der Waals surface area contributed by atoms with Gasteiger partial charge in [-0.05, 0) is 126 Å². The molecule has 0 aliphatic heterocycles. The molecular formula is C62H69N3O. The van der Waals surface area contributed by atoms with E-state index in [0.29, 0.717) is 33.9 Å². The number of imidazole rings is 1. The van der Waals surface area contributed by atoms with Crippen molar-refractivity contribution in [2.75, 3.05) is 0 Å².